The summed E-state index contributed by atoms with van der Waals surface area (Å²) >= 11 is 0. The van der Waals surface area contributed by atoms with Crippen molar-refractivity contribution in [2.75, 3.05) is 19.7 Å². The highest BCUT2D eigenvalue weighted by Crippen LogP contribution is 2.28. The van der Waals surface area contributed by atoms with Crippen molar-refractivity contribution in [2.24, 2.45) is 0 Å². The molecule has 0 radical (unpaired) electrons. The van der Waals surface area contributed by atoms with Crippen molar-refractivity contribution in [1.29, 1.82) is 0 Å². The Morgan fingerprint density at radius 2 is 2.12 bits per heavy atom. The Kier molecular flexibility index (Phi) is 5.25. The fourth-order valence-electron chi connectivity index (χ4n) is 2.90. The molecule has 0 N–H and O–H groups in total. The third kappa shape index (κ3) is 3.64. The van der Waals surface area contributed by atoms with Crippen LogP contribution in [0.15, 0.2) is 28.8 Å². The van der Waals surface area contributed by atoms with Gasteiger partial charge in [0.1, 0.15) is 0 Å². The summed E-state index contributed by atoms with van der Waals surface area (Å²) in [6, 6.07) is 7.98. The molecule has 1 aromatic carbocycles. The molecule has 1 aromatic heterocycles. The largest absolute Gasteiger partial charge is 0.377 e. The molecule has 1 aliphatic rings. The van der Waals surface area contributed by atoms with E-state index in [1.54, 1.807) is 0 Å². The molecule has 24 heavy (non-hydrogen) atoms. The van der Waals surface area contributed by atoms with E-state index >= 15 is 0 Å². The van der Waals surface area contributed by atoms with Crippen molar-refractivity contribution < 1.29 is 14.1 Å². The van der Waals surface area contributed by atoms with E-state index < -0.39 is 0 Å². The lowest BCUT2D eigenvalue weighted by Gasteiger charge is -2.13. The number of carbonyl (C=O) groups excluding carboxylic acids is 1. The van der Waals surface area contributed by atoms with Gasteiger partial charge in [0.2, 0.25) is 17.6 Å². The third-order valence-electron chi connectivity index (χ3n) is 4.32. The summed E-state index contributed by atoms with van der Waals surface area (Å²) in [5, 5.41) is 4.09. The predicted molar refractivity (Wildman–Crippen MR) is 89.3 cm³/mol. The number of hydrogen-bond acceptors (Lipinski definition) is 5. The Morgan fingerprint density at radius 1 is 1.33 bits per heavy atom. The van der Waals surface area contributed by atoms with Crippen LogP contribution in [0.4, 0.5) is 0 Å². The van der Waals surface area contributed by atoms with Crippen LogP contribution in [0.2, 0.25) is 0 Å². The Labute approximate surface area is 141 Å². The average molecular weight is 329 g/mol. The van der Waals surface area contributed by atoms with Gasteiger partial charge in [-0.2, -0.15) is 4.98 Å². The van der Waals surface area contributed by atoms with Crippen LogP contribution in [0.1, 0.15) is 44.1 Å². The van der Waals surface area contributed by atoms with Gasteiger partial charge in [0, 0.05) is 31.7 Å². The molecule has 0 bridgehead atoms. The molecular formula is C18H23N3O3. The van der Waals surface area contributed by atoms with Crippen LogP contribution in [0.5, 0.6) is 0 Å². The van der Waals surface area contributed by atoms with E-state index in [1.807, 2.05) is 43.0 Å². The van der Waals surface area contributed by atoms with Gasteiger partial charge in [0.25, 0.3) is 0 Å². The maximum atomic E-state index is 11.8. The smallest absolute Gasteiger partial charge is 0.231 e. The molecule has 6 nitrogen and oxygen atoms in total. The number of aromatic nitrogens is 2. The van der Waals surface area contributed by atoms with E-state index in [4.69, 9.17) is 9.26 Å². The van der Waals surface area contributed by atoms with Gasteiger partial charge in [-0.05, 0) is 18.9 Å². The van der Waals surface area contributed by atoms with Crippen molar-refractivity contribution in [3.63, 3.8) is 0 Å². The van der Waals surface area contributed by atoms with Crippen LogP contribution in [0.25, 0.3) is 11.4 Å². The summed E-state index contributed by atoms with van der Waals surface area (Å²) in [7, 11) is 0. The minimum Gasteiger partial charge on any atom is -0.377 e. The van der Waals surface area contributed by atoms with Gasteiger partial charge < -0.3 is 14.2 Å². The van der Waals surface area contributed by atoms with E-state index in [-0.39, 0.29) is 11.8 Å². The maximum absolute atomic E-state index is 11.8. The van der Waals surface area contributed by atoms with E-state index in [2.05, 4.69) is 10.1 Å². The minimum absolute atomic E-state index is 0.138. The van der Waals surface area contributed by atoms with Crippen LogP contribution in [-0.2, 0) is 16.1 Å². The van der Waals surface area contributed by atoms with Crippen molar-refractivity contribution in [2.45, 2.75) is 39.2 Å². The van der Waals surface area contributed by atoms with Crippen molar-refractivity contribution in [3.8, 4) is 11.4 Å². The van der Waals surface area contributed by atoms with Gasteiger partial charge in [-0.25, -0.2) is 0 Å². The summed E-state index contributed by atoms with van der Waals surface area (Å²) in [4.78, 5) is 18.2. The lowest BCUT2D eigenvalue weighted by atomic mass is 10.1. The molecule has 1 atom stereocenters. The van der Waals surface area contributed by atoms with Crippen LogP contribution < -0.4 is 0 Å². The van der Waals surface area contributed by atoms with Crippen molar-refractivity contribution >= 4 is 5.91 Å². The topological polar surface area (TPSA) is 68.5 Å². The number of likely N-dealkylation sites (tertiary alicyclic amines) is 1. The summed E-state index contributed by atoms with van der Waals surface area (Å²) in [5.41, 5.74) is 2.04. The molecule has 0 spiro atoms. The average Bonchev–Trinajstić information content (AvgIpc) is 3.29. The van der Waals surface area contributed by atoms with Crippen LogP contribution in [0.3, 0.4) is 0 Å². The Bertz CT molecular complexity index is 681. The van der Waals surface area contributed by atoms with Crippen LogP contribution in [-0.4, -0.2) is 40.6 Å². The molecule has 1 aliphatic heterocycles. The molecule has 6 heteroatoms. The standard InChI is InChI=1S/C18H23N3O3/c1-3-16(22)21-10-9-15(11-21)18-19-17(20-24-18)14-7-5-13(6-8-14)12-23-4-2/h5-8,15H,3-4,9-12H2,1-2H3. The molecule has 1 saturated heterocycles. The number of amides is 1. The normalized spacial score (nSPS) is 17.4. The monoisotopic (exact) mass is 329 g/mol. The molecule has 2 heterocycles. The SMILES string of the molecule is CCOCc1ccc(-c2noc(C3CCN(C(=O)CC)C3)n2)cc1. The molecule has 1 amide bonds. The third-order valence-corrected chi connectivity index (χ3v) is 4.32. The van der Waals surface area contributed by atoms with Crippen LogP contribution in [0, 0.1) is 0 Å². The fraction of sp³-hybridized carbons (Fsp3) is 0.500. The second kappa shape index (κ2) is 7.57. The van der Waals surface area contributed by atoms with Crippen molar-refractivity contribution in [1.82, 2.24) is 15.0 Å². The van der Waals surface area contributed by atoms with E-state index in [0.29, 0.717) is 37.9 Å². The van der Waals surface area contributed by atoms with E-state index in [0.717, 1.165) is 24.1 Å². The van der Waals surface area contributed by atoms with Crippen LogP contribution >= 0.6 is 0 Å². The Balaban J connectivity index is 1.66. The van der Waals surface area contributed by atoms with Gasteiger partial charge in [-0.3, -0.25) is 4.79 Å². The zero-order valence-corrected chi connectivity index (χ0v) is 14.2. The van der Waals surface area contributed by atoms with Gasteiger partial charge in [-0.1, -0.05) is 36.3 Å². The van der Waals surface area contributed by atoms with Gasteiger partial charge >= 0.3 is 0 Å². The summed E-state index contributed by atoms with van der Waals surface area (Å²) in [6.07, 6.45) is 1.41. The molecule has 0 aliphatic carbocycles. The number of ether oxygens (including phenoxy) is 1. The fourth-order valence-corrected chi connectivity index (χ4v) is 2.90. The zero-order valence-electron chi connectivity index (χ0n) is 14.2. The Hall–Kier alpha value is -2.21. The second-order valence-electron chi connectivity index (χ2n) is 5.97. The first-order valence-corrected chi connectivity index (χ1v) is 8.49. The quantitative estimate of drug-likeness (QED) is 0.815. The zero-order chi connectivity index (χ0) is 16.9. The molecule has 1 fully saturated rings. The molecule has 0 saturated carbocycles. The number of nitrogens with zero attached hydrogens (tertiary/aromatic N) is 3. The predicted octanol–water partition coefficient (Wildman–Crippen LogP) is 3.00. The first-order valence-electron chi connectivity index (χ1n) is 8.49. The number of carbonyl (C=O) groups is 1. The number of rotatable bonds is 6. The van der Waals surface area contributed by atoms with Gasteiger partial charge in [0.15, 0.2) is 0 Å². The van der Waals surface area contributed by atoms with E-state index in [9.17, 15) is 4.79 Å². The summed E-state index contributed by atoms with van der Waals surface area (Å²) in [6.45, 7) is 6.61. The van der Waals surface area contributed by atoms with Crippen molar-refractivity contribution in [3.05, 3.63) is 35.7 Å². The first-order chi connectivity index (χ1) is 11.7. The maximum Gasteiger partial charge on any atom is 0.231 e. The lowest BCUT2D eigenvalue weighted by molar-refractivity contribution is -0.129. The highest BCUT2D eigenvalue weighted by Gasteiger charge is 2.30. The summed E-state index contributed by atoms with van der Waals surface area (Å²) < 4.78 is 10.8. The Morgan fingerprint density at radius 3 is 2.83 bits per heavy atom. The molecule has 3 rings (SSSR count). The highest BCUT2D eigenvalue weighted by atomic mass is 16.5. The number of benzene rings is 1. The molecule has 128 valence electrons. The molecular weight excluding hydrogens is 306 g/mol. The van der Waals surface area contributed by atoms with Gasteiger partial charge in [-0.15, -0.1) is 0 Å². The number of hydrogen-bond donors (Lipinski definition) is 0. The molecule has 2 aromatic rings. The minimum atomic E-state index is 0.138. The van der Waals surface area contributed by atoms with E-state index in [1.165, 1.54) is 0 Å². The summed E-state index contributed by atoms with van der Waals surface area (Å²) in [5.74, 6) is 1.53. The second-order valence-corrected chi connectivity index (χ2v) is 5.97. The lowest BCUT2D eigenvalue weighted by Crippen LogP contribution is -2.27. The van der Waals surface area contributed by atoms with Gasteiger partial charge in [0.05, 0.1) is 12.5 Å². The first kappa shape index (κ1) is 16.6. The highest BCUT2D eigenvalue weighted by molar-refractivity contribution is 5.76. The molecule has 1 unspecified atom stereocenters.